The average Bonchev–Trinajstić information content (AvgIpc) is 2.91. The molecule has 0 unspecified atom stereocenters. The Hall–Kier alpha value is -1.76. The molecule has 1 aliphatic heterocycles. The number of hydrogen-bond donors (Lipinski definition) is 0. The fourth-order valence-electron chi connectivity index (χ4n) is 1.83. The van der Waals surface area contributed by atoms with Crippen molar-refractivity contribution in [2.75, 3.05) is 5.75 Å². The third kappa shape index (κ3) is 2.14. The van der Waals surface area contributed by atoms with E-state index in [2.05, 4.69) is 4.98 Å². The minimum atomic E-state index is -4.39. The van der Waals surface area contributed by atoms with Crippen LogP contribution in [0.25, 0.3) is 11.3 Å². The first-order valence-electron chi connectivity index (χ1n) is 5.38. The van der Waals surface area contributed by atoms with Gasteiger partial charge in [0.05, 0.1) is 17.0 Å². The van der Waals surface area contributed by atoms with Crippen molar-refractivity contribution in [3.8, 4) is 11.3 Å². The highest BCUT2D eigenvalue weighted by Crippen LogP contribution is 2.33. The van der Waals surface area contributed by atoms with Gasteiger partial charge in [0.1, 0.15) is 0 Å². The molecule has 0 N–H and O–H groups in total. The molecular weight excluding hydrogens is 277 g/mol. The molecule has 2 heterocycles. The highest BCUT2D eigenvalue weighted by Gasteiger charge is 2.31. The van der Waals surface area contributed by atoms with Crippen LogP contribution in [0.15, 0.2) is 35.6 Å². The molecule has 0 fully saturated rings. The molecule has 0 bridgehead atoms. The van der Waals surface area contributed by atoms with E-state index < -0.39 is 11.7 Å². The first-order chi connectivity index (χ1) is 8.95. The molecule has 0 saturated carbocycles. The van der Waals surface area contributed by atoms with E-state index in [0.717, 1.165) is 12.1 Å². The summed E-state index contributed by atoms with van der Waals surface area (Å²) in [6.45, 7) is 0. The highest BCUT2D eigenvalue weighted by molar-refractivity contribution is 8.00. The summed E-state index contributed by atoms with van der Waals surface area (Å²) < 4.78 is 39.2. The molecule has 3 nitrogen and oxygen atoms in total. The van der Waals surface area contributed by atoms with Gasteiger partial charge >= 0.3 is 6.18 Å². The van der Waals surface area contributed by atoms with Gasteiger partial charge in [-0.25, -0.2) is 4.98 Å². The van der Waals surface area contributed by atoms with E-state index in [4.69, 9.17) is 0 Å². The molecule has 3 rings (SSSR count). The summed E-state index contributed by atoms with van der Waals surface area (Å²) in [4.78, 5) is 15.6. The number of fused-ring (bicyclic) bond motifs is 1. The summed E-state index contributed by atoms with van der Waals surface area (Å²) in [6, 6.07) is 4.92. The number of carbonyl (C=O) groups excluding carboxylic acids is 1. The number of nitrogens with zero attached hydrogens (tertiary/aromatic N) is 2. The smallest absolute Gasteiger partial charge is 0.273 e. The molecule has 0 aliphatic carbocycles. The molecule has 0 saturated heterocycles. The molecule has 19 heavy (non-hydrogen) atoms. The Kier molecular flexibility index (Phi) is 2.67. The normalized spacial score (nSPS) is 14.8. The van der Waals surface area contributed by atoms with E-state index in [1.165, 1.54) is 28.6 Å². The zero-order valence-electron chi connectivity index (χ0n) is 9.44. The SMILES string of the molecule is O=C1CSc2nc(-c3cccc(C(F)(F)F)c3)cn21. The first kappa shape index (κ1) is 12.3. The molecule has 0 atom stereocenters. The van der Waals surface area contributed by atoms with E-state index in [-0.39, 0.29) is 5.91 Å². The van der Waals surface area contributed by atoms with Crippen LogP contribution in [0.4, 0.5) is 13.2 Å². The van der Waals surface area contributed by atoms with Crippen LogP contribution in [0.5, 0.6) is 0 Å². The molecule has 1 aromatic heterocycles. The van der Waals surface area contributed by atoms with Gasteiger partial charge in [-0.15, -0.1) is 0 Å². The number of hydrogen-bond acceptors (Lipinski definition) is 3. The predicted octanol–water partition coefficient (Wildman–Crippen LogP) is 3.31. The van der Waals surface area contributed by atoms with Gasteiger partial charge in [-0.1, -0.05) is 23.9 Å². The lowest BCUT2D eigenvalue weighted by atomic mass is 10.1. The van der Waals surface area contributed by atoms with Crippen LogP contribution >= 0.6 is 11.8 Å². The van der Waals surface area contributed by atoms with Gasteiger partial charge < -0.3 is 0 Å². The number of aromatic nitrogens is 2. The molecular formula is C12H7F3N2OS. The largest absolute Gasteiger partial charge is 0.416 e. The fraction of sp³-hybridized carbons (Fsp3) is 0.167. The van der Waals surface area contributed by atoms with Gasteiger partial charge in [0.15, 0.2) is 5.16 Å². The lowest BCUT2D eigenvalue weighted by Gasteiger charge is -2.07. The minimum absolute atomic E-state index is 0.106. The van der Waals surface area contributed by atoms with Gasteiger partial charge in [0.25, 0.3) is 0 Å². The fourth-order valence-corrected chi connectivity index (χ4v) is 2.68. The van der Waals surface area contributed by atoms with Crippen LogP contribution in [0.1, 0.15) is 10.4 Å². The molecule has 0 radical (unpaired) electrons. The number of thioether (sulfide) groups is 1. The average molecular weight is 284 g/mol. The monoisotopic (exact) mass is 284 g/mol. The quantitative estimate of drug-likeness (QED) is 0.805. The van der Waals surface area contributed by atoms with E-state index in [0.29, 0.717) is 22.2 Å². The van der Waals surface area contributed by atoms with Crippen LogP contribution in [0, 0.1) is 0 Å². The third-order valence-electron chi connectivity index (χ3n) is 2.75. The van der Waals surface area contributed by atoms with Crippen LogP contribution < -0.4 is 0 Å². The number of imidazole rings is 1. The number of halogens is 3. The van der Waals surface area contributed by atoms with E-state index >= 15 is 0 Å². The maximum atomic E-state index is 12.6. The van der Waals surface area contributed by atoms with Crippen molar-refractivity contribution in [3.05, 3.63) is 36.0 Å². The molecule has 98 valence electrons. The topological polar surface area (TPSA) is 34.9 Å². The summed E-state index contributed by atoms with van der Waals surface area (Å²) >= 11 is 1.28. The Morgan fingerprint density at radius 2 is 2.11 bits per heavy atom. The summed E-state index contributed by atoms with van der Waals surface area (Å²) in [5, 5.41) is 0.525. The predicted molar refractivity (Wildman–Crippen MR) is 64.0 cm³/mol. The Morgan fingerprint density at radius 1 is 1.32 bits per heavy atom. The lowest BCUT2D eigenvalue weighted by Crippen LogP contribution is -2.05. The molecule has 1 aliphatic rings. The van der Waals surface area contributed by atoms with Crippen molar-refractivity contribution in [1.82, 2.24) is 9.55 Å². The Labute approximate surface area is 110 Å². The van der Waals surface area contributed by atoms with Crippen molar-refractivity contribution < 1.29 is 18.0 Å². The second kappa shape index (κ2) is 4.12. The summed E-state index contributed by atoms with van der Waals surface area (Å²) in [5.74, 6) is 0.219. The van der Waals surface area contributed by atoms with Crippen LogP contribution in [-0.4, -0.2) is 21.2 Å². The van der Waals surface area contributed by atoms with Crippen LogP contribution in [-0.2, 0) is 6.18 Å². The maximum Gasteiger partial charge on any atom is 0.416 e. The van der Waals surface area contributed by atoms with E-state index in [9.17, 15) is 18.0 Å². The zero-order valence-corrected chi connectivity index (χ0v) is 10.3. The van der Waals surface area contributed by atoms with Gasteiger partial charge in [0.2, 0.25) is 5.91 Å². The molecule has 0 amide bonds. The number of alkyl halides is 3. The van der Waals surface area contributed by atoms with Gasteiger partial charge in [-0.05, 0) is 12.1 Å². The second-order valence-electron chi connectivity index (χ2n) is 4.04. The Morgan fingerprint density at radius 3 is 2.79 bits per heavy atom. The first-order valence-corrected chi connectivity index (χ1v) is 6.37. The van der Waals surface area contributed by atoms with Crippen molar-refractivity contribution in [1.29, 1.82) is 0 Å². The molecule has 7 heteroatoms. The maximum absolute atomic E-state index is 12.6. The standard InChI is InChI=1S/C12H7F3N2OS/c13-12(14,15)8-3-1-2-7(4-8)9-5-17-10(18)6-19-11(17)16-9/h1-5H,6H2. The summed E-state index contributed by atoms with van der Waals surface area (Å²) in [6.07, 6.45) is -2.91. The second-order valence-corrected chi connectivity index (χ2v) is 4.98. The number of rotatable bonds is 1. The van der Waals surface area contributed by atoms with Crippen molar-refractivity contribution in [2.24, 2.45) is 0 Å². The summed E-state index contributed by atoms with van der Waals surface area (Å²) in [5.41, 5.74) is 0.00362. The zero-order chi connectivity index (χ0) is 13.6. The van der Waals surface area contributed by atoms with Gasteiger partial charge in [-0.3, -0.25) is 9.36 Å². The molecule has 2 aromatic rings. The number of benzene rings is 1. The highest BCUT2D eigenvalue weighted by atomic mass is 32.2. The van der Waals surface area contributed by atoms with Crippen LogP contribution in [0.2, 0.25) is 0 Å². The Bertz CT molecular complexity index is 663. The van der Waals surface area contributed by atoms with E-state index in [1.54, 1.807) is 6.07 Å². The number of carbonyl (C=O) groups is 1. The van der Waals surface area contributed by atoms with Gasteiger partial charge in [0, 0.05) is 11.8 Å². The van der Waals surface area contributed by atoms with Crippen molar-refractivity contribution in [2.45, 2.75) is 11.3 Å². The van der Waals surface area contributed by atoms with Crippen molar-refractivity contribution >= 4 is 17.7 Å². The van der Waals surface area contributed by atoms with Crippen LogP contribution in [0.3, 0.4) is 0 Å². The van der Waals surface area contributed by atoms with E-state index in [1.807, 2.05) is 0 Å². The van der Waals surface area contributed by atoms with Gasteiger partial charge in [-0.2, -0.15) is 13.2 Å². The molecule has 0 spiro atoms. The minimum Gasteiger partial charge on any atom is -0.273 e. The Balaban J connectivity index is 2.04. The summed E-state index contributed by atoms with van der Waals surface area (Å²) in [7, 11) is 0. The third-order valence-corrected chi connectivity index (χ3v) is 3.69. The lowest BCUT2D eigenvalue weighted by molar-refractivity contribution is -0.137. The van der Waals surface area contributed by atoms with Crippen molar-refractivity contribution in [3.63, 3.8) is 0 Å². The molecule has 1 aromatic carbocycles.